The Morgan fingerprint density at radius 1 is 0.964 bits per heavy atom. The molecule has 144 valence electrons. The minimum absolute atomic E-state index is 0.0762. The molecule has 0 radical (unpaired) electrons. The van der Waals surface area contributed by atoms with Gasteiger partial charge in [-0.05, 0) is 48.6 Å². The predicted octanol–water partition coefficient (Wildman–Crippen LogP) is 4.03. The molecule has 0 aliphatic heterocycles. The van der Waals surface area contributed by atoms with Gasteiger partial charge in [-0.2, -0.15) is 0 Å². The maximum Gasteiger partial charge on any atom is 0.228 e. The number of amides is 2. The number of hydrogen-bond donors (Lipinski definition) is 2. The summed E-state index contributed by atoms with van der Waals surface area (Å²) in [5, 5.41) is 5.86. The summed E-state index contributed by atoms with van der Waals surface area (Å²) in [6.07, 6.45) is 11.1. The van der Waals surface area contributed by atoms with Crippen LogP contribution in [-0.2, 0) is 16.0 Å². The zero-order chi connectivity index (χ0) is 19.3. The fourth-order valence-corrected chi connectivity index (χ4v) is 3.78. The van der Waals surface area contributed by atoms with Crippen LogP contribution in [0.15, 0.2) is 55.0 Å². The first-order chi connectivity index (χ1) is 13.7. The highest BCUT2D eigenvalue weighted by atomic mass is 16.2. The Morgan fingerprint density at radius 3 is 2.46 bits per heavy atom. The largest absolute Gasteiger partial charge is 0.326 e. The SMILES string of the molecule is O=C(Cc1ccc(NC(=O)CC2CCCC2)cc1)Nc1ccc2nccn2c1. The molecule has 2 N–H and O–H groups in total. The van der Waals surface area contributed by atoms with E-state index in [1.165, 1.54) is 12.8 Å². The lowest BCUT2D eigenvalue weighted by molar-refractivity contribution is -0.117. The van der Waals surface area contributed by atoms with E-state index in [1.807, 2.05) is 53.2 Å². The van der Waals surface area contributed by atoms with Crippen LogP contribution in [0.3, 0.4) is 0 Å². The summed E-state index contributed by atoms with van der Waals surface area (Å²) in [5.74, 6) is 0.522. The second-order valence-electron chi connectivity index (χ2n) is 7.44. The van der Waals surface area contributed by atoms with E-state index in [2.05, 4.69) is 15.6 Å². The number of aromatic nitrogens is 2. The van der Waals surface area contributed by atoms with Crippen molar-refractivity contribution in [3.8, 4) is 0 Å². The van der Waals surface area contributed by atoms with Gasteiger partial charge in [0.15, 0.2) is 0 Å². The lowest BCUT2D eigenvalue weighted by Gasteiger charge is -2.10. The first kappa shape index (κ1) is 18.2. The van der Waals surface area contributed by atoms with E-state index in [0.29, 0.717) is 12.3 Å². The Labute approximate surface area is 164 Å². The predicted molar refractivity (Wildman–Crippen MR) is 109 cm³/mol. The van der Waals surface area contributed by atoms with Crippen molar-refractivity contribution in [1.82, 2.24) is 9.38 Å². The fraction of sp³-hybridized carbons (Fsp3) is 0.318. The summed E-state index contributed by atoms with van der Waals surface area (Å²) in [7, 11) is 0. The number of benzene rings is 1. The first-order valence-electron chi connectivity index (χ1n) is 9.77. The lowest BCUT2D eigenvalue weighted by atomic mass is 10.0. The van der Waals surface area contributed by atoms with Crippen molar-refractivity contribution >= 4 is 28.8 Å². The van der Waals surface area contributed by atoms with E-state index in [4.69, 9.17) is 0 Å². The van der Waals surface area contributed by atoms with Gasteiger partial charge in [-0.1, -0.05) is 25.0 Å². The van der Waals surface area contributed by atoms with E-state index in [-0.39, 0.29) is 18.2 Å². The zero-order valence-corrected chi connectivity index (χ0v) is 15.7. The molecule has 28 heavy (non-hydrogen) atoms. The molecule has 6 nitrogen and oxygen atoms in total. The summed E-state index contributed by atoms with van der Waals surface area (Å²) in [6.45, 7) is 0. The number of nitrogens with zero attached hydrogens (tertiary/aromatic N) is 2. The van der Waals surface area contributed by atoms with Gasteiger partial charge in [-0.3, -0.25) is 9.59 Å². The molecule has 0 spiro atoms. The summed E-state index contributed by atoms with van der Waals surface area (Å²) in [6, 6.07) is 11.2. The molecule has 0 saturated heterocycles. The summed E-state index contributed by atoms with van der Waals surface area (Å²) >= 11 is 0. The van der Waals surface area contributed by atoms with Gasteiger partial charge in [0, 0.05) is 30.7 Å². The highest BCUT2D eigenvalue weighted by molar-refractivity contribution is 5.93. The molecule has 6 heteroatoms. The molecular weight excluding hydrogens is 352 g/mol. The van der Waals surface area contributed by atoms with Gasteiger partial charge < -0.3 is 15.0 Å². The molecule has 1 aliphatic carbocycles. The number of rotatable bonds is 6. The number of carbonyl (C=O) groups excluding carboxylic acids is 2. The highest BCUT2D eigenvalue weighted by Crippen LogP contribution is 2.27. The quantitative estimate of drug-likeness (QED) is 0.682. The maximum atomic E-state index is 12.3. The number of nitrogens with one attached hydrogen (secondary N) is 2. The smallest absolute Gasteiger partial charge is 0.228 e. The summed E-state index contributed by atoms with van der Waals surface area (Å²) in [5.41, 5.74) is 3.24. The second kappa shape index (κ2) is 8.25. The average Bonchev–Trinajstić information content (AvgIpc) is 3.34. The third-order valence-electron chi connectivity index (χ3n) is 5.22. The normalized spacial score (nSPS) is 14.3. The van der Waals surface area contributed by atoms with Gasteiger partial charge >= 0.3 is 0 Å². The molecule has 3 aromatic rings. The van der Waals surface area contributed by atoms with Crippen LogP contribution in [0.1, 0.15) is 37.7 Å². The molecule has 1 fully saturated rings. The molecule has 1 saturated carbocycles. The Morgan fingerprint density at radius 2 is 1.68 bits per heavy atom. The number of anilines is 2. The molecule has 0 unspecified atom stereocenters. The standard InChI is InChI=1S/C22H24N4O2/c27-21(13-16-3-1-2-4-16)24-18-7-5-17(6-8-18)14-22(28)25-19-9-10-20-23-11-12-26(20)15-19/h5-12,15-16H,1-4,13-14H2,(H,24,27)(H,25,28). The van der Waals surface area contributed by atoms with Gasteiger partial charge in [0.25, 0.3) is 0 Å². The summed E-state index contributed by atoms with van der Waals surface area (Å²) < 4.78 is 1.86. The number of imidazole rings is 1. The maximum absolute atomic E-state index is 12.3. The van der Waals surface area contributed by atoms with Crippen molar-refractivity contribution < 1.29 is 9.59 Å². The molecule has 2 aromatic heterocycles. The van der Waals surface area contributed by atoms with Gasteiger partial charge in [0.1, 0.15) is 5.65 Å². The monoisotopic (exact) mass is 376 g/mol. The van der Waals surface area contributed by atoms with Crippen LogP contribution in [0, 0.1) is 5.92 Å². The number of hydrogen-bond acceptors (Lipinski definition) is 3. The van der Waals surface area contributed by atoms with Crippen molar-refractivity contribution in [2.75, 3.05) is 10.6 Å². The molecule has 4 rings (SSSR count). The van der Waals surface area contributed by atoms with Crippen molar-refractivity contribution in [3.05, 3.63) is 60.6 Å². The lowest BCUT2D eigenvalue weighted by Crippen LogP contribution is -2.16. The van der Waals surface area contributed by atoms with Crippen LogP contribution in [0.2, 0.25) is 0 Å². The molecule has 0 atom stereocenters. The van der Waals surface area contributed by atoms with E-state index in [1.54, 1.807) is 6.20 Å². The van der Waals surface area contributed by atoms with Crippen LogP contribution < -0.4 is 10.6 Å². The van der Waals surface area contributed by atoms with Crippen molar-refractivity contribution in [2.24, 2.45) is 5.92 Å². The van der Waals surface area contributed by atoms with Gasteiger partial charge in [0.2, 0.25) is 11.8 Å². The van der Waals surface area contributed by atoms with Crippen LogP contribution in [0.25, 0.3) is 5.65 Å². The molecule has 2 amide bonds. The van der Waals surface area contributed by atoms with Crippen LogP contribution in [-0.4, -0.2) is 21.2 Å². The topological polar surface area (TPSA) is 75.5 Å². The van der Waals surface area contributed by atoms with Crippen molar-refractivity contribution in [2.45, 2.75) is 38.5 Å². The molecule has 1 aliphatic rings. The first-order valence-corrected chi connectivity index (χ1v) is 9.77. The van der Waals surface area contributed by atoms with Gasteiger partial charge in [-0.25, -0.2) is 4.98 Å². The Bertz CT molecular complexity index is 972. The van der Waals surface area contributed by atoms with E-state index in [9.17, 15) is 9.59 Å². The molecular formula is C22H24N4O2. The minimum Gasteiger partial charge on any atom is -0.326 e. The highest BCUT2D eigenvalue weighted by Gasteiger charge is 2.18. The number of carbonyl (C=O) groups is 2. The second-order valence-corrected chi connectivity index (χ2v) is 7.44. The molecule has 2 heterocycles. The van der Waals surface area contributed by atoms with Crippen molar-refractivity contribution in [1.29, 1.82) is 0 Å². The fourth-order valence-electron chi connectivity index (χ4n) is 3.78. The summed E-state index contributed by atoms with van der Waals surface area (Å²) in [4.78, 5) is 28.6. The van der Waals surface area contributed by atoms with Crippen LogP contribution in [0.4, 0.5) is 11.4 Å². The Balaban J connectivity index is 1.29. The zero-order valence-electron chi connectivity index (χ0n) is 15.7. The van der Waals surface area contributed by atoms with Crippen molar-refractivity contribution in [3.63, 3.8) is 0 Å². The minimum atomic E-state index is -0.0857. The third kappa shape index (κ3) is 4.57. The van der Waals surface area contributed by atoms with Gasteiger partial charge in [0.05, 0.1) is 12.1 Å². The average molecular weight is 376 g/mol. The van der Waals surface area contributed by atoms with Crippen LogP contribution in [0.5, 0.6) is 0 Å². The van der Waals surface area contributed by atoms with E-state index < -0.39 is 0 Å². The number of fused-ring (bicyclic) bond motifs is 1. The molecule has 1 aromatic carbocycles. The van der Waals surface area contributed by atoms with E-state index >= 15 is 0 Å². The van der Waals surface area contributed by atoms with Crippen LogP contribution >= 0.6 is 0 Å². The number of pyridine rings is 1. The Kier molecular flexibility index (Phi) is 5.37. The van der Waals surface area contributed by atoms with E-state index in [0.717, 1.165) is 35.4 Å². The van der Waals surface area contributed by atoms with Gasteiger partial charge in [-0.15, -0.1) is 0 Å². The molecule has 0 bridgehead atoms. The Hall–Kier alpha value is -3.15. The third-order valence-corrected chi connectivity index (χ3v) is 5.22.